The lowest BCUT2D eigenvalue weighted by molar-refractivity contribution is -0.143. The molecule has 0 amide bonds. The van der Waals surface area contributed by atoms with Crippen LogP contribution in [0.2, 0.25) is 0 Å². The number of alkyl halides is 2. The Morgan fingerprint density at radius 3 is 2.76 bits per heavy atom. The van der Waals surface area contributed by atoms with E-state index in [1.165, 1.54) is 24.5 Å². The fraction of sp³-hybridized carbons (Fsp3) is 0.333. The first kappa shape index (κ1) is 17.3. The standard InChI is InChI=1S/C18H17F3N2O2/c1-10-6-12(13-8-22-23(9-13)17(20)21)7-18(10,16(24)25)14-4-3-5-15(19)11(14)2/h3-5,7-10,17H,6H2,1-2H3,(H,24,25). The van der Waals surface area contributed by atoms with Gasteiger partial charge in [0.05, 0.1) is 6.20 Å². The van der Waals surface area contributed by atoms with Crippen LogP contribution in [-0.2, 0) is 10.2 Å². The molecule has 7 heteroatoms. The fourth-order valence-electron chi connectivity index (χ4n) is 3.57. The summed E-state index contributed by atoms with van der Waals surface area (Å²) in [6.07, 6.45) is 4.41. The summed E-state index contributed by atoms with van der Waals surface area (Å²) in [5, 5.41) is 13.6. The number of rotatable bonds is 4. The Labute approximate surface area is 142 Å². The summed E-state index contributed by atoms with van der Waals surface area (Å²) in [7, 11) is 0. The van der Waals surface area contributed by atoms with Crippen molar-refractivity contribution < 1.29 is 23.1 Å². The van der Waals surface area contributed by atoms with Gasteiger partial charge < -0.3 is 5.11 Å². The first-order valence-electron chi connectivity index (χ1n) is 7.80. The Hall–Kier alpha value is -2.57. The Kier molecular flexibility index (Phi) is 4.18. The van der Waals surface area contributed by atoms with Gasteiger partial charge in [-0.3, -0.25) is 4.79 Å². The van der Waals surface area contributed by atoms with E-state index in [1.54, 1.807) is 26.0 Å². The van der Waals surface area contributed by atoms with Gasteiger partial charge in [0.1, 0.15) is 11.2 Å². The van der Waals surface area contributed by atoms with Crippen molar-refractivity contribution in [2.45, 2.75) is 32.2 Å². The van der Waals surface area contributed by atoms with E-state index >= 15 is 0 Å². The average Bonchev–Trinajstić information content (AvgIpc) is 3.15. The summed E-state index contributed by atoms with van der Waals surface area (Å²) < 4.78 is 40.0. The minimum absolute atomic E-state index is 0.275. The quantitative estimate of drug-likeness (QED) is 0.900. The molecule has 2 unspecified atom stereocenters. The summed E-state index contributed by atoms with van der Waals surface area (Å²) in [5.41, 5.74) is 0.310. The van der Waals surface area contributed by atoms with E-state index in [1.807, 2.05) is 0 Å². The van der Waals surface area contributed by atoms with Crippen molar-refractivity contribution in [3.05, 3.63) is 59.2 Å². The summed E-state index contributed by atoms with van der Waals surface area (Å²) in [6.45, 7) is 0.547. The van der Waals surface area contributed by atoms with Crippen LogP contribution in [0.5, 0.6) is 0 Å². The summed E-state index contributed by atoms with van der Waals surface area (Å²) in [6, 6.07) is 4.37. The highest BCUT2D eigenvalue weighted by Gasteiger charge is 2.49. The monoisotopic (exact) mass is 350 g/mol. The number of halogens is 3. The maximum Gasteiger partial charge on any atom is 0.333 e. The molecule has 132 valence electrons. The molecule has 1 aliphatic carbocycles. The van der Waals surface area contributed by atoms with Crippen LogP contribution < -0.4 is 0 Å². The van der Waals surface area contributed by atoms with Crippen molar-refractivity contribution in [1.29, 1.82) is 0 Å². The Bertz CT molecular complexity index is 860. The molecule has 0 spiro atoms. The van der Waals surface area contributed by atoms with Crippen LogP contribution in [0.25, 0.3) is 5.57 Å². The third-order valence-electron chi connectivity index (χ3n) is 4.94. The molecule has 0 radical (unpaired) electrons. The number of carboxylic acid groups (broad SMARTS) is 1. The number of carboxylic acids is 1. The zero-order valence-corrected chi connectivity index (χ0v) is 13.7. The molecule has 0 aliphatic heterocycles. The van der Waals surface area contributed by atoms with Crippen LogP contribution in [0.15, 0.2) is 36.7 Å². The SMILES string of the molecule is Cc1c(F)cccc1C1(C(=O)O)C=C(c2cnn(C(F)F)c2)CC1C. The number of allylic oxidation sites excluding steroid dienone is 1. The number of aliphatic carboxylic acids is 1. The molecule has 2 atom stereocenters. The first-order valence-corrected chi connectivity index (χ1v) is 7.80. The van der Waals surface area contributed by atoms with Gasteiger partial charge in [-0.05, 0) is 42.0 Å². The van der Waals surface area contributed by atoms with Gasteiger partial charge in [-0.15, -0.1) is 0 Å². The van der Waals surface area contributed by atoms with E-state index in [4.69, 9.17) is 0 Å². The number of benzene rings is 1. The number of hydrogen-bond donors (Lipinski definition) is 1. The van der Waals surface area contributed by atoms with Gasteiger partial charge in [0.2, 0.25) is 0 Å². The predicted molar refractivity (Wildman–Crippen MR) is 85.7 cm³/mol. The van der Waals surface area contributed by atoms with Gasteiger partial charge in [0, 0.05) is 11.8 Å². The third-order valence-corrected chi connectivity index (χ3v) is 4.94. The maximum atomic E-state index is 14.0. The first-order chi connectivity index (χ1) is 11.8. The van der Waals surface area contributed by atoms with Crippen LogP contribution in [-0.4, -0.2) is 20.9 Å². The largest absolute Gasteiger partial charge is 0.480 e. The number of nitrogens with zero attached hydrogens (tertiary/aromatic N) is 2. The van der Waals surface area contributed by atoms with Gasteiger partial charge >= 0.3 is 12.5 Å². The molecular weight excluding hydrogens is 333 g/mol. The molecule has 1 aromatic carbocycles. The Balaban J connectivity index is 2.14. The van der Waals surface area contributed by atoms with Gasteiger partial charge in [-0.2, -0.15) is 13.9 Å². The predicted octanol–water partition coefficient (Wildman–Crippen LogP) is 4.17. The fourth-order valence-corrected chi connectivity index (χ4v) is 3.57. The van der Waals surface area contributed by atoms with Crippen molar-refractivity contribution in [1.82, 2.24) is 9.78 Å². The van der Waals surface area contributed by atoms with E-state index in [0.717, 1.165) is 0 Å². The molecule has 1 aromatic heterocycles. The van der Waals surface area contributed by atoms with Gasteiger partial charge in [0.25, 0.3) is 0 Å². The highest BCUT2D eigenvalue weighted by Crippen LogP contribution is 2.48. The van der Waals surface area contributed by atoms with Crippen molar-refractivity contribution in [2.75, 3.05) is 0 Å². The molecular formula is C18H17F3N2O2. The molecule has 2 aromatic rings. The van der Waals surface area contributed by atoms with Crippen LogP contribution in [0.1, 0.15) is 36.6 Å². The van der Waals surface area contributed by atoms with E-state index in [0.29, 0.717) is 27.8 Å². The molecule has 1 heterocycles. The molecule has 0 fully saturated rings. The zero-order valence-electron chi connectivity index (χ0n) is 13.7. The lowest BCUT2D eigenvalue weighted by atomic mass is 9.72. The number of carbonyl (C=O) groups is 1. The minimum atomic E-state index is -2.76. The van der Waals surface area contributed by atoms with Crippen molar-refractivity contribution in [3.63, 3.8) is 0 Å². The van der Waals surface area contributed by atoms with Gasteiger partial charge in [-0.1, -0.05) is 25.1 Å². The summed E-state index contributed by atoms with van der Waals surface area (Å²) in [5.74, 6) is -1.93. The van der Waals surface area contributed by atoms with Crippen LogP contribution in [0.3, 0.4) is 0 Å². The van der Waals surface area contributed by atoms with Gasteiger partial charge in [-0.25, -0.2) is 9.07 Å². The van der Waals surface area contributed by atoms with Crippen molar-refractivity contribution >= 4 is 11.5 Å². The lowest BCUT2D eigenvalue weighted by Crippen LogP contribution is -2.38. The van der Waals surface area contributed by atoms with Crippen molar-refractivity contribution in [2.24, 2.45) is 5.92 Å². The van der Waals surface area contributed by atoms with Crippen LogP contribution >= 0.6 is 0 Å². The van der Waals surface area contributed by atoms with E-state index in [9.17, 15) is 23.1 Å². The highest BCUT2D eigenvalue weighted by atomic mass is 19.3. The maximum absolute atomic E-state index is 14.0. The highest BCUT2D eigenvalue weighted by molar-refractivity contribution is 5.90. The molecule has 1 N–H and O–H groups in total. The number of aromatic nitrogens is 2. The second-order valence-corrected chi connectivity index (χ2v) is 6.35. The van der Waals surface area contributed by atoms with E-state index in [-0.39, 0.29) is 11.5 Å². The van der Waals surface area contributed by atoms with Crippen LogP contribution in [0, 0.1) is 18.7 Å². The molecule has 3 rings (SSSR count). The molecule has 4 nitrogen and oxygen atoms in total. The van der Waals surface area contributed by atoms with Crippen LogP contribution in [0.4, 0.5) is 13.2 Å². The normalized spacial score (nSPS) is 23.1. The molecule has 1 aliphatic rings. The Morgan fingerprint density at radius 1 is 1.44 bits per heavy atom. The Morgan fingerprint density at radius 2 is 2.16 bits per heavy atom. The van der Waals surface area contributed by atoms with Crippen molar-refractivity contribution in [3.8, 4) is 0 Å². The minimum Gasteiger partial charge on any atom is -0.480 e. The topological polar surface area (TPSA) is 55.1 Å². The summed E-state index contributed by atoms with van der Waals surface area (Å²) in [4.78, 5) is 12.2. The average molecular weight is 350 g/mol. The third kappa shape index (κ3) is 2.63. The van der Waals surface area contributed by atoms with E-state index in [2.05, 4.69) is 5.10 Å². The number of hydrogen-bond acceptors (Lipinski definition) is 2. The smallest absolute Gasteiger partial charge is 0.333 e. The molecule has 0 saturated carbocycles. The lowest BCUT2D eigenvalue weighted by Gasteiger charge is -2.30. The second-order valence-electron chi connectivity index (χ2n) is 6.35. The molecule has 0 bridgehead atoms. The molecule has 0 saturated heterocycles. The second kappa shape index (κ2) is 6.06. The van der Waals surface area contributed by atoms with E-state index < -0.39 is 23.8 Å². The molecule has 25 heavy (non-hydrogen) atoms. The van der Waals surface area contributed by atoms with Gasteiger partial charge in [0.15, 0.2) is 0 Å². The zero-order chi connectivity index (χ0) is 18.4. The summed E-state index contributed by atoms with van der Waals surface area (Å²) >= 11 is 0.